The molecule has 2 aromatic rings. The highest BCUT2D eigenvalue weighted by Crippen LogP contribution is 2.33. The third-order valence-corrected chi connectivity index (χ3v) is 7.65. The van der Waals surface area contributed by atoms with Crippen molar-refractivity contribution < 1.29 is 27.5 Å². The Labute approximate surface area is 178 Å². The second-order valence-corrected chi connectivity index (χ2v) is 9.58. The maximum atomic E-state index is 12.5. The topological polar surface area (TPSA) is 103 Å². The number of hydrogen-bond acceptors (Lipinski definition) is 9. The first-order valence-electron chi connectivity index (χ1n) is 9.00. The third-order valence-electron chi connectivity index (χ3n) is 4.26. The van der Waals surface area contributed by atoms with Crippen LogP contribution in [0.4, 0.5) is 5.69 Å². The number of carbonyl (C=O) groups excluding carboxylic acids is 2. The molecule has 0 saturated heterocycles. The Hall–Kier alpha value is -2.98. The number of nitrogens with zero attached hydrogens (tertiary/aromatic N) is 2. The van der Waals surface area contributed by atoms with E-state index in [4.69, 9.17) is 9.47 Å². The molecule has 0 unspecified atom stereocenters. The number of allylic oxidation sites excluding steroid dienone is 2. The van der Waals surface area contributed by atoms with Crippen LogP contribution in [-0.4, -0.2) is 45.3 Å². The SMILES string of the molecule is CCCS(=O)(=O)c1nc2ccc(N3C=CC=CC(C(=O)OC)=C3C(=O)OC)cc2s1. The minimum absolute atomic E-state index is 0.0166. The summed E-state index contributed by atoms with van der Waals surface area (Å²) in [6.45, 7) is 1.79. The summed E-state index contributed by atoms with van der Waals surface area (Å²) in [5.41, 5.74) is 1.08. The summed E-state index contributed by atoms with van der Waals surface area (Å²) in [6.07, 6.45) is 6.84. The predicted molar refractivity (Wildman–Crippen MR) is 114 cm³/mol. The number of anilines is 1. The van der Waals surface area contributed by atoms with Crippen LogP contribution in [-0.2, 0) is 28.9 Å². The quantitative estimate of drug-likeness (QED) is 0.622. The molecule has 0 spiro atoms. The molecule has 1 aliphatic rings. The highest BCUT2D eigenvalue weighted by Gasteiger charge is 2.28. The van der Waals surface area contributed by atoms with Crippen LogP contribution in [0.25, 0.3) is 10.2 Å². The zero-order valence-electron chi connectivity index (χ0n) is 16.6. The van der Waals surface area contributed by atoms with Gasteiger partial charge in [0.15, 0.2) is 0 Å². The van der Waals surface area contributed by atoms with E-state index in [-0.39, 0.29) is 21.4 Å². The van der Waals surface area contributed by atoms with Gasteiger partial charge in [-0.15, -0.1) is 11.3 Å². The van der Waals surface area contributed by atoms with Gasteiger partial charge < -0.3 is 14.4 Å². The van der Waals surface area contributed by atoms with Crippen LogP contribution in [0.15, 0.2) is 58.2 Å². The van der Waals surface area contributed by atoms with E-state index in [1.54, 1.807) is 43.5 Å². The van der Waals surface area contributed by atoms with Gasteiger partial charge in [-0.25, -0.2) is 23.0 Å². The standard InChI is InChI=1S/C20H20N2O6S2/c1-4-11-30(25,26)20-21-15-9-8-13(12-16(15)29-20)22-10-6-5-7-14(18(23)27-2)17(22)19(24)28-3/h5-10,12H,4,11H2,1-3H3. The number of rotatable bonds is 6. The molecule has 1 aromatic carbocycles. The van der Waals surface area contributed by atoms with Gasteiger partial charge in [-0.05, 0) is 36.8 Å². The molecule has 0 atom stereocenters. The number of sulfone groups is 1. The number of carbonyl (C=O) groups is 2. The monoisotopic (exact) mass is 448 g/mol. The second kappa shape index (κ2) is 8.80. The third kappa shape index (κ3) is 4.14. The number of methoxy groups -OCH3 is 2. The van der Waals surface area contributed by atoms with Crippen LogP contribution in [0.3, 0.4) is 0 Å². The number of fused-ring (bicyclic) bond motifs is 1. The molecule has 0 aliphatic carbocycles. The van der Waals surface area contributed by atoms with Crippen LogP contribution in [0, 0.1) is 0 Å². The molecule has 0 saturated carbocycles. The van der Waals surface area contributed by atoms with Crippen molar-refractivity contribution in [1.29, 1.82) is 0 Å². The van der Waals surface area contributed by atoms with E-state index >= 15 is 0 Å². The van der Waals surface area contributed by atoms with Crippen molar-refractivity contribution >= 4 is 49.0 Å². The van der Waals surface area contributed by atoms with Gasteiger partial charge in [0.1, 0.15) is 5.70 Å². The zero-order valence-corrected chi connectivity index (χ0v) is 18.2. The lowest BCUT2D eigenvalue weighted by Crippen LogP contribution is -2.26. The van der Waals surface area contributed by atoms with Crippen molar-refractivity contribution in [2.45, 2.75) is 17.7 Å². The van der Waals surface area contributed by atoms with Crippen molar-refractivity contribution in [2.24, 2.45) is 0 Å². The Bertz CT molecular complexity index is 1190. The Morgan fingerprint density at radius 2 is 1.87 bits per heavy atom. The fraction of sp³-hybridized carbons (Fsp3) is 0.250. The van der Waals surface area contributed by atoms with Gasteiger partial charge in [0.05, 0.1) is 35.8 Å². The van der Waals surface area contributed by atoms with Crippen molar-refractivity contribution in [3.63, 3.8) is 0 Å². The fourth-order valence-electron chi connectivity index (χ4n) is 2.90. The molecule has 0 radical (unpaired) electrons. The van der Waals surface area contributed by atoms with E-state index in [1.807, 2.05) is 0 Å². The first-order valence-corrected chi connectivity index (χ1v) is 11.5. The normalized spacial score (nSPS) is 14.2. The Morgan fingerprint density at radius 1 is 1.13 bits per heavy atom. The molecule has 30 heavy (non-hydrogen) atoms. The number of ether oxygens (including phenoxy) is 2. The predicted octanol–water partition coefficient (Wildman–Crippen LogP) is 2.97. The summed E-state index contributed by atoms with van der Waals surface area (Å²) < 4.78 is 35.1. The number of aromatic nitrogens is 1. The van der Waals surface area contributed by atoms with Crippen LogP contribution in [0.5, 0.6) is 0 Å². The lowest BCUT2D eigenvalue weighted by atomic mass is 10.1. The van der Waals surface area contributed by atoms with Crippen molar-refractivity contribution in [3.8, 4) is 0 Å². The molecule has 0 N–H and O–H groups in total. The maximum absolute atomic E-state index is 12.5. The molecule has 0 amide bonds. The van der Waals surface area contributed by atoms with E-state index in [1.165, 1.54) is 25.2 Å². The number of esters is 2. The maximum Gasteiger partial charge on any atom is 0.355 e. The van der Waals surface area contributed by atoms with Gasteiger partial charge in [-0.2, -0.15) is 0 Å². The molecule has 0 fully saturated rings. The van der Waals surface area contributed by atoms with Crippen LogP contribution in [0.2, 0.25) is 0 Å². The van der Waals surface area contributed by atoms with E-state index in [9.17, 15) is 18.0 Å². The molecule has 1 aromatic heterocycles. The lowest BCUT2D eigenvalue weighted by Gasteiger charge is -2.23. The average Bonchev–Trinajstić information content (AvgIpc) is 3.05. The van der Waals surface area contributed by atoms with E-state index < -0.39 is 21.8 Å². The van der Waals surface area contributed by atoms with E-state index in [0.29, 0.717) is 22.3 Å². The molecule has 3 rings (SSSR count). The van der Waals surface area contributed by atoms with Crippen LogP contribution < -0.4 is 4.90 Å². The van der Waals surface area contributed by atoms with Crippen molar-refractivity contribution in [2.75, 3.05) is 24.9 Å². The van der Waals surface area contributed by atoms with Gasteiger partial charge >= 0.3 is 11.9 Å². The van der Waals surface area contributed by atoms with Crippen molar-refractivity contribution in [3.05, 3.63) is 53.9 Å². The number of thiazole rings is 1. The average molecular weight is 449 g/mol. The summed E-state index contributed by atoms with van der Waals surface area (Å²) >= 11 is 1.07. The summed E-state index contributed by atoms with van der Waals surface area (Å²) in [7, 11) is -0.997. The van der Waals surface area contributed by atoms with E-state index in [0.717, 1.165) is 11.3 Å². The summed E-state index contributed by atoms with van der Waals surface area (Å²) in [4.78, 5) is 30.5. The highest BCUT2D eigenvalue weighted by atomic mass is 32.2. The summed E-state index contributed by atoms with van der Waals surface area (Å²) in [5.74, 6) is -1.38. The van der Waals surface area contributed by atoms with Gasteiger partial charge in [-0.3, -0.25) is 0 Å². The van der Waals surface area contributed by atoms with Gasteiger partial charge in [0, 0.05) is 11.9 Å². The van der Waals surface area contributed by atoms with Crippen LogP contribution in [0.1, 0.15) is 13.3 Å². The Kier molecular flexibility index (Phi) is 6.37. The summed E-state index contributed by atoms with van der Waals surface area (Å²) in [6, 6.07) is 5.07. The van der Waals surface area contributed by atoms with Crippen molar-refractivity contribution in [1.82, 2.24) is 4.98 Å². The number of hydrogen-bond donors (Lipinski definition) is 0. The molecule has 10 heteroatoms. The van der Waals surface area contributed by atoms with Crippen LogP contribution >= 0.6 is 11.3 Å². The second-order valence-electron chi connectivity index (χ2n) is 6.27. The largest absolute Gasteiger partial charge is 0.465 e. The van der Waals surface area contributed by atoms with Gasteiger partial charge in [0.25, 0.3) is 0 Å². The molecule has 8 nitrogen and oxygen atoms in total. The highest BCUT2D eigenvalue weighted by molar-refractivity contribution is 7.93. The minimum atomic E-state index is -3.44. The van der Waals surface area contributed by atoms with E-state index in [2.05, 4.69) is 4.98 Å². The Balaban J connectivity index is 2.14. The van der Waals surface area contributed by atoms with Gasteiger partial charge in [-0.1, -0.05) is 13.0 Å². The molecule has 1 aliphatic heterocycles. The number of benzene rings is 1. The molecule has 0 bridgehead atoms. The Morgan fingerprint density at radius 3 is 2.53 bits per heavy atom. The first-order chi connectivity index (χ1) is 14.3. The first kappa shape index (κ1) is 21.7. The fourth-order valence-corrected chi connectivity index (χ4v) is 5.60. The lowest BCUT2D eigenvalue weighted by molar-refractivity contribution is -0.139. The molecule has 2 heterocycles. The summed E-state index contributed by atoms with van der Waals surface area (Å²) in [5, 5.41) is 0. The minimum Gasteiger partial charge on any atom is -0.465 e. The molecular weight excluding hydrogens is 428 g/mol. The zero-order chi connectivity index (χ0) is 21.9. The molecular formula is C20H20N2O6S2. The van der Waals surface area contributed by atoms with Gasteiger partial charge in [0.2, 0.25) is 14.2 Å². The molecule has 158 valence electrons. The smallest absolute Gasteiger partial charge is 0.355 e.